The molecule has 0 radical (unpaired) electrons. The largest absolute Gasteiger partial charge is 0.462 e. The summed E-state index contributed by atoms with van der Waals surface area (Å²) in [6.45, 7) is 4.29. The average molecular weight is 198 g/mol. The van der Waals surface area contributed by atoms with Gasteiger partial charge in [0.2, 0.25) is 0 Å². The fourth-order valence-corrected chi connectivity index (χ4v) is 2.01. The summed E-state index contributed by atoms with van der Waals surface area (Å²) in [4.78, 5) is 11.4. The molecule has 2 nitrogen and oxygen atoms in total. The first-order chi connectivity index (χ1) is 6.74. The van der Waals surface area contributed by atoms with E-state index < -0.39 is 0 Å². The molecule has 1 rings (SSSR count). The fourth-order valence-electron chi connectivity index (χ4n) is 2.01. The SMILES string of the molecule is CCCCC(=O)O[C@H]1CCCC[C@H]1C. The van der Waals surface area contributed by atoms with Crippen molar-refractivity contribution in [1.82, 2.24) is 0 Å². The zero-order valence-electron chi connectivity index (χ0n) is 9.42. The molecule has 0 heterocycles. The summed E-state index contributed by atoms with van der Waals surface area (Å²) in [5.74, 6) is 0.569. The summed E-state index contributed by atoms with van der Waals surface area (Å²) in [5, 5.41) is 0. The van der Waals surface area contributed by atoms with Crippen molar-refractivity contribution >= 4 is 5.97 Å². The maximum Gasteiger partial charge on any atom is 0.306 e. The molecule has 1 saturated carbocycles. The maximum absolute atomic E-state index is 11.4. The van der Waals surface area contributed by atoms with Gasteiger partial charge in [0, 0.05) is 6.42 Å². The Balaban J connectivity index is 2.23. The van der Waals surface area contributed by atoms with Gasteiger partial charge in [-0.05, 0) is 31.6 Å². The highest BCUT2D eigenvalue weighted by molar-refractivity contribution is 5.69. The van der Waals surface area contributed by atoms with E-state index in [2.05, 4.69) is 13.8 Å². The third kappa shape index (κ3) is 3.69. The number of unbranched alkanes of at least 4 members (excludes halogenated alkanes) is 1. The second-order valence-corrected chi connectivity index (χ2v) is 4.39. The van der Waals surface area contributed by atoms with Crippen LogP contribution in [0.4, 0.5) is 0 Å². The van der Waals surface area contributed by atoms with Gasteiger partial charge in [-0.25, -0.2) is 0 Å². The molecule has 2 heteroatoms. The average Bonchev–Trinajstić information content (AvgIpc) is 2.18. The van der Waals surface area contributed by atoms with E-state index >= 15 is 0 Å². The molecule has 82 valence electrons. The van der Waals surface area contributed by atoms with Crippen LogP contribution in [0, 0.1) is 5.92 Å². The summed E-state index contributed by atoms with van der Waals surface area (Å²) < 4.78 is 5.47. The van der Waals surface area contributed by atoms with Gasteiger partial charge in [-0.2, -0.15) is 0 Å². The van der Waals surface area contributed by atoms with Crippen molar-refractivity contribution in [3.05, 3.63) is 0 Å². The topological polar surface area (TPSA) is 26.3 Å². The van der Waals surface area contributed by atoms with Gasteiger partial charge in [0.25, 0.3) is 0 Å². The molecular weight excluding hydrogens is 176 g/mol. The van der Waals surface area contributed by atoms with Crippen molar-refractivity contribution in [3.8, 4) is 0 Å². The number of hydrogen-bond donors (Lipinski definition) is 0. The third-order valence-corrected chi connectivity index (χ3v) is 3.05. The van der Waals surface area contributed by atoms with Gasteiger partial charge in [-0.1, -0.05) is 26.7 Å². The van der Waals surface area contributed by atoms with Crippen LogP contribution >= 0.6 is 0 Å². The summed E-state index contributed by atoms with van der Waals surface area (Å²) >= 11 is 0. The Labute approximate surface area is 87.0 Å². The van der Waals surface area contributed by atoms with Crippen molar-refractivity contribution < 1.29 is 9.53 Å². The van der Waals surface area contributed by atoms with Crippen molar-refractivity contribution in [3.63, 3.8) is 0 Å². The van der Waals surface area contributed by atoms with Crippen LogP contribution in [0.15, 0.2) is 0 Å². The Kier molecular flexibility index (Phi) is 4.99. The lowest BCUT2D eigenvalue weighted by Crippen LogP contribution is -2.28. The fraction of sp³-hybridized carbons (Fsp3) is 0.917. The first-order valence-electron chi connectivity index (χ1n) is 5.93. The predicted octanol–water partition coefficient (Wildman–Crippen LogP) is 3.30. The Morgan fingerprint density at radius 1 is 1.36 bits per heavy atom. The molecule has 0 unspecified atom stereocenters. The molecule has 0 aliphatic heterocycles. The van der Waals surface area contributed by atoms with Crippen molar-refractivity contribution in [2.24, 2.45) is 5.92 Å². The molecule has 1 aliphatic carbocycles. The standard InChI is InChI=1S/C12H22O2/c1-3-4-9-12(13)14-11-8-6-5-7-10(11)2/h10-11H,3-9H2,1-2H3/t10-,11+/m1/s1. The van der Waals surface area contributed by atoms with Gasteiger partial charge in [0.05, 0.1) is 0 Å². The molecule has 0 amide bonds. The van der Waals surface area contributed by atoms with E-state index in [-0.39, 0.29) is 12.1 Å². The summed E-state index contributed by atoms with van der Waals surface area (Å²) in [6.07, 6.45) is 7.62. The molecule has 0 aromatic rings. The minimum Gasteiger partial charge on any atom is -0.462 e. The van der Waals surface area contributed by atoms with Gasteiger partial charge in [0.15, 0.2) is 0 Å². The first-order valence-corrected chi connectivity index (χ1v) is 5.93. The van der Waals surface area contributed by atoms with Crippen LogP contribution in [0.5, 0.6) is 0 Å². The van der Waals surface area contributed by atoms with Crippen LogP contribution in [0.3, 0.4) is 0 Å². The third-order valence-electron chi connectivity index (χ3n) is 3.05. The van der Waals surface area contributed by atoms with Crippen LogP contribution in [0.2, 0.25) is 0 Å². The van der Waals surface area contributed by atoms with E-state index in [1.807, 2.05) is 0 Å². The zero-order chi connectivity index (χ0) is 10.4. The Morgan fingerprint density at radius 2 is 2.07 bits per heavy atom. The monoisotopic (exact) mass is 198 g/mol. The molecule has 2 atom stereocenters. The van der Waals surface area contributed by atoms with E-state index in [0.29, 0.717) is 12.3 Å². The quantitative estimate of drug-likeness (QED) is 0.648. The Morgan fingerprint density at radius 3 is 2.71 bits per heavy atom. The van der Waals surface area contributed by atoms with Gasteiger partial charge >= 0.3 is 5.97 Å². The number of carbonyl (C=O) groups excluding carboxylic acids is 1. The molecule has 0 aromatic heterocycles. The van der Waals surface area contributed by atoms with E-state index in [0.717, 1.165) is 19.3 Å². The Bertz CT molecular complexity index is 177. The van der Waals surface area contributed by atoms with E-state index in [1.165, 1.54) is 19.3 Å². The molecule has 0 N–H and O–H groups in total. The van der Waals surface area contributed by atoms with Gasteiger partial charge in [-0.15, -0.1) is 0 Å². The maximum atomic E-state index is 11.4. The lowest BCUT2D eigenvalue weighted by atomic mass is 9.88. The highest BCUT2D eigenvalue weighted by atomic mass is 16.5. The smallest absolute Gasteiger partial charge is 0.306 e. The highest BCUT2D eigenvalue weighted by Crippen LogP contribution is 2.26. The number of ether oxygens (including phenoxy) is 1. The normalized spacial score (nSPS) is 27.3. The molecule has 1 fully saturated rings. The minimum absolute atomic E-state index is 0.00519. The molecule has 0 spiro atoms. The summed E-state index contributed by atoms with van der Waals surface area (Å²) in [5.41, 5.74) is 0. The van der Waals surface area contributed by atoms with Gasteiger partial charge in [-0.3, -0.25) is 4.79 Å². The lowest BCUT2D eigenvalue weighted by molar-refractivity contribution is -0.153. The van der Waals surface area contributed by atoms with E-state index in [9.17, 15) is 4.79 Å². The van der Waals surface area contributed by atoms with Crippen molar-refractivity contribution in [1.29, 1.82) is 0 Å². The van der Waals surface area contributed by atoms with Crippen LogP contribution in [-0.4, -0.2) is 12.1 Å². The van der Waals surface area contributed by atoms with E-state index in [4.69, 9.17) is 4.74 Å². The molecular formula is C12H22O2. The molecule has 0 bridgehead atoms. The van der Waals surface area contributed by atoms with Crippen molar-refractivity contribution in [2.75, 3.05) is 0 Å². The van der Waals surface area contributed by atoms with Crippen LogP contribution in [-0.2, 0) is 9.53 Å². The first kappa shape index (κ1) is 11.5. The summed E-state index contributed by atoms with van der Waals surface area (Å²) in [6, 6.07) is 0. The lowest BCUT2D eigenvalue weighted by Gasteiger charge is -2.28. The predicted molar refractivity (Wildman–Crippen MR) is 57.0 cm³/mol. The minimum atomic E-state index is 0.00519. The molecule has 0 saturated heterocycles. The van der Waals surface area contributed by atoms with E-state index in [1.54, 1.807) is 0 Å². The summed E-state index contributed by atoms with van der Waals surface area (Å²) in [7, 11) is 0. The number of hydrogen-bond acceptors (Lipinski definition) is 2. The molecule has 0 aromatic carbocycles. The zero-order valence-corrected chi connectivity index (χ0v) is 9.42. The van der Waals surface area contributed by atoms with Crippen molar-refractivity contribution in [2.45, 2.75) is 64.9 Å². The van der Waals surface area contributed by atoms with Crippen LogP contribution in [0.25, 0.3) is 0 Å². The second-order valence-electron chi connectivity index (χ2n) is 4.39. The molecule has 1 aliphatic rings. The Hall–Kier alpha value is -0.530. The van der Waals surface area contributed by atoms with Gasteiger partial charge < -0.3 is 4.74 Å². The van der Waals surface area contributed by atoms with Crippen LogP contribution < -0.4 is 0 Å². The second kappa shape index (κ2) is 6.05. The van der Waals surface area contributed by atoms with Gasteiger partial charge in [0.1, 0.15) is 6.10 Å². The van der Waals surface area contributed by atoms with Crippen LogP contribution in [0.1, 0.15) is 58.8 Å². The molecule has 14 heavy (non-hydrogen) atoms. The number of carbonyl (C=O) groups is 1. The number of rotatable bonds is 4. The number of esters is 1. The highest BCUT2D eigenvalue weighted by Gasteiger charge is 2.24.